The highest BCUT2D eigenvalue weighted by molar-refractivity contribution is 7.86. The molecule has 0 amide bonds. The molecule has 1 aliphatic rings. The van der Waals surface area contributed by atoms with Gasteiger partial charge in [0.15, 0.2) is 0 Å². The Hall–Kier alpha value is -2.71. The molecule has 0 heterocycles. The van der Waals surface area contributed by atoms with Gasteiger partial charge < -0.3 is 0 Å². The van der Waals surface area contributed by atoms with Gasteiger partial charge in [0.1, 0.15) is 5.82 Å². The van der Waals surface area contributed by atoms with Crippen LogP contribution >= 0.6 is 0 Å². The first-order valence-electron chi connectivity index (χ1n) is 12.0. The van der Waals surface area contributed by atoms with Gasteiger partial charge in [-0.3, -0.25) is 4.18 Å². The molecule has 0 unspecified atom stereocenters. The number of benzene rings is 3. The van der Waals surface area contributed by atoms with Gasteiger partial charge in [0.25, 0.3) is 10.1 Å². The third-order valence-electron chi connectivity index (χ3n) is 6.91. The molecule has 3 nitrogen and oxygen atoms in total. The van der Waals surface area contributed by atoms with Crippen molar-refractivity contribution in [2.45, 2.75) is 56.0 Å². The van der Waals surface area contributed by atoms with Crippen LogP contribution in [0.5, 0.6) is 0 Å². The number of halogens is 4. The molecule has 36 heavy (non-hydrogen) atoms. The Balaban J connectivity index is 1.28. The summed E-state index contributed by atoms with van der Waals surface area (Å²) in [6, 6.07) is 17.1. The Kier molecular flexibility index (Phi) is 7.85. The van der Waals surface area contributed by atoms with Crippen LogP contribution in [-0.4, -0.2) is 15.0 Å². The van der Waals surface area contributed by atoms with E-state index in [2.05, 4.69) is 0 Å². The van der Waals surface area contributed by atoms with E-state index in [9.17, 15) is 26.0 Å². The van der Waals surface area contributed by atoms with E-state index in [0.717, 1.165) is 48.9 Å². The molecular formula is C28H28F4O3S. The van der Waals surface area contributed by atoms with Gasteiger partial charge in [0, 0.05) is 0 Å². The summed E-state index contributed by atoms with van der Waals surface area (Å²) in [5, 5.41) is 0. The Bertz CT molecular complexity index is 1280. The second-order valence-corrected chi connectivity index (χ2v) is 11.0. The molecule has 1 saturated carbocycles. The summed E-state index contributed by atoms with van der Waals surface area (Å²) in [7, 11) is -3.75. The molecule has 3 aromatic carbocycles. The lowest BCUT2D eigenvalue weighted by Crippen LogP contribution is -2.16. The van der Waals surface area contributed by atoms with E-state index in [1.54, 1.807) is 24.3 Å². The van der Waals surface area contributed by atoms with Gasteiger partial charge >= 0.3 is 6.18 Å². The Morgan fingerprint density at radius 1 is 0.861 bits per heavy atom. The lowest BCUT2D eigenvalue weighted by molar-refractivity contribution is -0.139. The van der Waals surface area contributed by atoms with Crippen LogP contribution in [0.3, 0.4) is 0 Å². The van der Waals surface area contributed by atoms with E-state index < -0.39 is 27.7 Å². The number of alkyl halides is 3. The van der Waals surface area contributed by atoms with Crippen molar-refractivity contribution >= 4 is 10.1 Å². The monoisotopic (exact) mass is 520 g/mol. The maximum Gasteiger partial charge on any atom is 0.419 e. The highest BCUT2D eigenvalue weighted by Crippen LogP contribution is 2.38. The first-order chi connectivity index (χ1) is 17.0. The predicted molar refractivity (Wildman–Crippen MR) is 130 cm³/mol. The molecule has 0 saturated heterocycles. The van der Waals surface area contributed by atoms with Crippen molar-refractivity contribution in [3.05, 3.63) is 89.2 Å². The smallest absolute Gasteiger partial charge is 0.266 e. The molecule has 0 aromatic heterocycles. The highest BCUT2D eigenvalue weighted by Gasteiger charge is 2.34. The van der Waals surface area contributed by atoms with E-state index in [0.29, 0.717) is 29.4 Å². The van der Waals surface area contributed by atoms with Crippen molar-refractivity contribution in [3.8, 4) is 11.1 Å². The molecule has 0 aliphatic heterocycles. The summed E-state index contributed by atoms with van der Waals surface area (Å²) in [5.41, 5.74) is 1.91. The third kappa shape index (κ3) is 6.34. The van der Waals surface area contributed by atoms with E-state index >= 15 is 0 Å². The van der Waals surface area contributed by atoms with Crippen LogP contribution in [0, 0.1) is 18.7 Å². The molecule has 3 aromatic rings. The molecule has 4 rings (SSSR count). The average molecular weight is 521 g/mol. The van der Waals surface area contributed by atoms with Crippen LogP contribution in [0.4, 0.5) is 17.6 Å². The maximum atomic E-state index is 13.9. The van der Waals surface area contributed by atoms with E-state index in [-0.39, 0.29) is 11.5 Å². The lowest BCUT2D eigenvalue weighted by Gasteiger charge is -2.28. The van der Waals surface area contributed by atoms with E-state index in [1.165, 1.54) is 6.07 Å². The Labute approximate surface area is 209 Å². The molecule has 1 aliphatic carbocycles. The van der Waals surface area contributed by atoms with Gasteiger partial charge in [0.2, 0.25) is 0 Å². The fraction of sp³-hybridized carbons (Fsp3) is 0.357. The fourth-order valence-corrected chi connectivity index (χ4v) is 5.68. The minimum absolute atomic E-state index is 0.157. The molecule has 192 valence electrons. The first kappa shape index (κ1) is 26.4. The first-order valence-corrected chi connectivity index (χ1v) is 13.4. The number of rotatable bonds is 7. The SMILES string of the molecule is Cc1ccc(S(=O)(=O)OCCC2CCC(c3ccc(-c4ccc(C(F)(F)F)c(F)c4)cc3)CC2)cc1. The normalized spacial score (nSPS) is 18.8. The summed E-state index contributed by atoms with van der Waals surface area (Å²) < 4.78 is 82.2. The van der Waals surface area contributed by atoms with Gasteiger partial charge in [-0.05, 0) is 91.8 Å². The number of hydrogen-bond donors (Lipinski definition) is 0. The van der Waals surface area contributed by atoms with Gasteiger partial charge in [-0.25, -0.2) is 4.39 Å². The van der Waals surface area contributed by atoms with Crippen molar-refractivity contribution in [2.24, 2.45) is 5.92 Å². The van der Waals surface area contributed by atoms with Crippen molar-refractivity contribution < 1.29 is 30.2 Å². The Morgan fingerprint density at radius 3 is 2.06 bits per heavy atom. The van der Waals surface area contributed by atoms with E-state index in [4.69, 9.17) is 4.18 Å². The van der Waals surface area contributed by atoms with Crippen LogP contribution < -0.4 is 0 Å². The summed E-state index contributed by atoms with van der Waals surface area (Å²) in [6.45, 7) is 2.05. The van der Waals surface area contributed by atoms with Gasteiger partial charge in [0.05, 0.1) is 17.1 Å². The molecule has 8 heteroatoms. The van der Waals surface area contributed by atoms with Gasteiger partial charge in [-0.2, -0.15) is 21.6 Å². The topological polar surface area (TPSA) is 43.4 Å². The zero-order chi connectivity index (χ0) is 25.9. The maximum absolute atomic E-state index is 13.9. The average Bonchev–Trinajstić information content (AvgIpc) is 2.84. The van der Waals surface area contributed by atoms with Crippen molar-refractivity contribution in [1.29, 1.82) is 0 Å². The predicted octanol–water partition coefficient (Wildman–Crippen LogP) is 7.89. The minimum atomic E-state index is -4.72. The van der Waals surface area contributed by atoms with Gasteiger partial charge in [-0.15, -0.1) is 0 Å². The summed E-state index contributed by atoms with van der Waals surface area (Å²) in [4.78, 5) is 0.166. The number of aryl methyl sites for hydroxylation is 1. The van der Waals surface area contributed by atoms with Crippen molar-refractivity contribution in [3.63, 3.8) is 0 Å². The molecule has 0 atom stereocenters. The summed E-state index contributed by atoms with van der Waals surface area (Å²) >= 11 is 0. The van der Waals surface area contributed by atoms with Crippen LogP contribution in [0.25, 0.3) is 11.1 Å². The molecular weight excluding hydrogens is 492 g/mol. The van der Waals surface area contributed by atoms with Crippen LogP contribution in [-0.2, 0) is 20.5 Å². The van der Waals surface area contributed by atoms with Crippen molar-refractivity contribution in [2.75, 3.05) is 6.61 Å². The van der Waals surface area contributed by atoms with E-state index in [1.807, 2.05) is 31.2 Å². The quantitative estimate of drug-likeness (QED) is 0.235. The van der Waals surface area contributed by atoms with Crippen molar-refractivity contribution in [1.82, 2.24) is 0 Å². The molecule has 0 N–H and O–H groups in total. The zero-order valence-electron chi connectivity index (χ0n) is 19.9. The minimum Gasteiger partial charge on any atom is -0.266 e. The Morgan fingerprint density at radius 2 is 1.47 bits per heavy atom. The second-order valence-electron chi connectivity index (χ2n) is 9.41. The fourth-order valence-electron chi connectivity index (χ4n) is 4.75. The largest absolute Gasteiger partial charge is 0.419 e. The van der Waals surface area contributed by atoms with Crippen LogP contribution in [0.2, 0.25) is 0 Å². The molecule has 0 spiro atoms. The molecule has 1 fully saturated rings. The van der Waals surface area contributed by atoms with Gasteiger partial charge in [-0.1, -0.05) is 48.0 Å². The third-order valence-corrected chi connectivity index (χ3v) is 8.24. The molecule has 0 bridgehead atoms. The second kappa shape index (κ2) is 10.7. The van der Waals surface area contributed by atoms with Crippen LogP contribution in [0.15, 0.2) is 71.6 Å². The molecule has 0 radical (unpaired) electrons. The summed E-state index contributed by atoms with van der Waals surface area (Å²) in [6.07, 6.45) is -0.189. The summed E-state index contributed by atoms with van der Waals surface area (Å²) in [5.74, 6) is -0.529. The zero-order valence-corrected chi connectivity index (χ0v) is 20.7. The number of hydrogen-bond acceptors (Lipinski definition) is 3. The highest BCUT2D eigenvalue weighted by atomic mass is 32.2. The lowest BCUT2D eigenvalue weighted by atomic mass is 9.77. The van der Waals surface area contributed by atoms with Crippen LogP contribution in [0.1, 0.15) is 54.7 Å². The standard InChI is InChI=1S/C28H28F4O3S/c1-19-2-13-25(14-3-19)36(33,34)35-17-16-20-4-6-21(7-5-20)22-8-10-23(11-9-22)24-12-15-26(27(29)18-24)28(30,31)32/h2-3,8-15,18,20-21H,4-7,16-17H2,1H3.